The summed E-state index contributed by atoms with van der Waals surface area (Å²) in [6, 6.07) is 6.67. The molecule has 0 aliphatic heterocycles. The summed E-state index contributed by atoms with van der Waals surface area (Å²) in [5.74, 6) is 1.06. The first-order chi connectivity index (χ1) is 14.5. The highest BCUT2D eigenvalue weighted by Gasteiger charge is 2.36. The maximum atomic E-state index is 13.1. The van der Waals surface area contributed by atoms with Gasteiger partial charge in [0.15, 0.2) is 0 Å². The van der Waals surface area contributed by atoms with Gasteiger partial charge < -0.3 is 15.5 Å². The zero-order valence-electron chi connectivity index (χ0n) is 17.2. The molecule has 2 heterocycles. The van der Waals surface area contributed by atoms with E-state index in [0.717, 1.165) is 21.7 Å². The lowest BCUT2D eigenvalue weighted by atomic mass is 9.82. The Kier molecular flexibility index (Phi) is 5.70. The summed E-state index contributed by atoms with van der Waals surface area (Å²) in [6.45, 7) is 3.53. The van der Waals surface area contributed by atoms with Gasteiger partial charge in [-0.3, -0.25) is 0 Å². The Labute approximate surface area is 182 Å². The molecule has 5 nitrogen and oxygen atoms in total. The van der Waals surface area contributed by atoms with Crippen molar-refractivity contribution in [2.45, 2.75) is 63.5 Å². The van der Waals surface area contributed by atoms with Gasteiger partial charge in [-0.05, 0) is 63.3 Å². The molecule has 1 saturated carbocycles. The van der Waals surface area contributed by atoms with Crippen molar-refractivity contribution in [1.82, 2.24) is 9.97 Å². The minimum Gasteiger partial charge on any atom is -0.393 e. The number of thiophene rings is 1. The number of aliphatic hydroxyl groups is 2. The lowest BCUT2D eigenvalue weighted by Crippen LogP contribution is -2.32. The van der Waals surface area contributed by atoms with Gasteiger partial charge in [-0.25, -0.2) is 9.97 Å². The smallest absolute Gasteiger partial charge is 0.393 e. The highest BCUT2D eigenvalue weighted by molar-refractivity contribution is 7.19. The van der Waals surface area contributed by atoms with E-state index in [1.165, 1.54) is 17.4 Å². The molecule has 0 unspecified atom stereocenters. The Morgan fingerprint density at radius 1 is 1.19 bits per heavy atom. The average molecular weight is 452 g/mol. The summed E-state index contributed by atoms with van der Waals surface area (Å²) in [5.41, 5.74) is -0.521. The van der Waals surface area contributed by atoms with E-state index in [4.69, 9.17) is 0 Å². The van der Waals surface area contributed by atoms with Crippen molar-refractivity contribution in [2.24, 2.45) is 0 Å². The fourth-order valence-electron chi connectivity index (χ4n) is 3.97. The van der Waals surface area contributed by atoms with Crippen LogP contribution >= 0.6 is 11.3 Å². The number of rotatable bonds is 4. The molecule has 0 bridgehead atoms. The van der Waals surface area contributed by atoms with E-state index in [9.17, 15) is 23.4 Å². The third-order valence-corrected chi connectivity index (χ3v) is 7.12. The lowest BCUT2D eigenvalue weighted by molar-refractivity contribution is -0.137. The molecule has 1 aliphatic carbocycles. The van der Waals surface area contributed by atoms with Crippen molar-refractivity contribution in [3.05, 3.63) is 52.2 Å². The molecule has 3 aromatic rings. The second-order valence-corrected chi connectivity index (χ2v) is 9.25. The van der Waals surface area contributed by atoms with Crippen LogP contribution in [0.3, 0.4) is 0 Å². The van der Waals surface area contributed by atoms with Crippen LogP contribution in [0.4, 0.5) is 19.0 Å². The molecule has 9 heteroatoms. The SMILES string of the molecule is Cc1nc(N[C@H](C)c2cccc(C(F)(F)F)c2)c2sc([C@]3(O)CC[C@H](O)CC3)cc2n1. The van der Waals surface area contributed by atoms with Crippen molar-refractivity contribution in [3.63, 3.8) is 0 Å². The molecule has 1 atom stereocenters. The zero-order chi connectivity index (χ0) is 22.4. The van der Waals surface area contributed by atoms with Crippen molar-refractivity contribution in [3.8, 4) is 0 Å². The standard InChI is InChI=1S/C22H24F3N3O2S/c1-12(14-4-3-5-15(10-14)22(23,24)25)26-20-19-17(27-13(2)28-20)11-18(31-19)21(30)8-6-16(29)7-9-21/h3-5,10-12,16,29-30H,6-9H2,1-2H3,(H,26,27,28)/t12-,16-,21-/m1/s1. The number of nitrogens with one attached hydrogen (secondary N) is 1. The maximum absolute atomic E-state index is 13.1. The molecule has 1 fully saturated rings. The number of aryl methyl sites for hydroxylation is 1. The number of alkyl halides is 3. The molecule has 166 valence electrons. The van der Waals surface area contributed by atoms with Crippen LogP contribution < -0.4 is 5.32 Å². The number of benzene rings is 1. The summed E-state index contributed by atoms with van der Waals surface area (Å²) < 4.78 is 40.0. The Balaban J connectivity index is 1.66. The van der Waals surface area contributed by atoms with E-state index in [2.05, 4.69) is 15.3 Å². The van der Waals surface area contributed by atoms with Crippen molar-refractivity contribution in [2.75, 3.05) is 5.32 Å². The average Bonchev–Trinajstić information content (AvgIpc) is 3.15. The second-order valence-electron chi connectivity index (χ2n) is 8.20. The van der Waals surface area contributed by atoms with Crippen LogP contribution in [0, 0.1) is 6.92 Å². The predicted molar refractivity (Wildman–Crippen MR) is 114 cm³/mol. The Bertz CT molecular complexity index is 1090. The van der Waals surface area contributed by atoms with Gasteiger partial charge in [0, 0.05) is 4.88 Å². The third kappa shape index (κ3) is 4.53. The van der Waals surface area contributed by atoms with Crippen molar-refractivity contribution in [1.29, 1.82) is 0 Å². The highest BCUT2D eigenvalue weighted by atomic mass is 32.1. The number of aromatic nitrogens is 2. The number of halogens is 3. The zero-order valence-corrected chi connectivity index (χ0v) is 18.0. The van der Waals surface area contributed by atoms with E-state index >= 15 is 0 Å². The second kappa shape index (κ2) is 8.03. The normalized spacial score (nSPS) is 23.1. The van der Waals surface area contributed by atoms with Crippen LogP contribution in [0.15, 0.2) is 30.3 Å². The summed E-state index contributed by atoms with van der Waals surface area (Å²) >= 11 is 1.38. The molecular formula is C22H24F3N3O2S. The molecule has 2 aromatic heterocycles. The van der Waals surface area contributed by atoms with E-state index in [-0.39, 0.29) is 6.10 Å². The van der Waals surface area contributed by atoms with Gasteiger partial charge in [0.05, 0.1) is 33.5 Å². The van der Waals surface area contributed by atoms with Gasteiger partial charge in [0.1, 0.15) is 11.6 Å². The largest absolute Gasteiger partial charge is 0.416 e. The van der Waals surface area contributed by atoms with Crippen LogP contribution in [0.2, 0.25) is 0 Å². The molecule has 1 aromatic carbocycles. The van der Waals surface area contributed by atoms with Crippen LogP contribution in [0.1, 0.15) is 60.5 Å². The summed E-state index contributed by atoms with van der Waals surface area (Å²) in [7, 11) is 0. The summed E-state index contributed by atoms with van der Waals surface area (Å²) in [6.07, 6.45) is -2.78. The number of hydrogen-bond donors (Lipinski definition) is 3. The van der Waals surface area contributed by atoms with Crippen molar-refractivity contribution < 1.29 is 23.4 Å². The molecule has 31 heavy (non-hydrogen) atoms. The summed E-state index contributed by atoms with van der Waals surface area (Å²) in [4.78, 5) is 9.72. The van der Waals surface area contributed by atoms with Crippen LogP contribution in [-0.4, -0.2) is 26.3 Å². The Hall–Kier alpha value is -2.23. The fraction of sp³-hybridized carbons (Fsp3) is 0.455. The van der Waals surface area contributed by atoms with Gasteiger partial charge in [-0.15, -0.1) is 11.3 Å². The molecule has 1 aliphatic rings. The topological polar surface area (TPSA) is 78.3 Å². The van der Waals surface area contributed by atoms with Gasteiger partial charge in [0.2, 0.25) is 0 Å². The first-order valence-electron chi connectivity index (χ1n) is 10.2. The van der Waals surface area contributed by atoms with E-state index in [1.807, 2.05) is 6.07 Å². The van der Waals surface area contributed by atoms with E-state index < -0.39 is 23.4 Å². The third-order valence-electron chi connectivity index (χ3n) is 5.79. The number of nitrogens with zero attached hydrogens (tertiary/aromatic N) is 2. The molecule has 0 spiro atoms. The van der Waals surface area contributed by atoms with Crippen LogP contribution in [0.25, 0.3) is 10.2 Å². The first-order valence-corrected chi connectivity index (χ1v) is 11.0. The van der Waals surface area contributed by atoms with E-state index in [1.54, 1.807) is 19.9 Å². The van der Waals surface area contributed by atoms with Crippen LogP contribution in [0.5, 0.6) is 0 Å². The van der Waals surface area contributed by atoms with E-state index in [0.29, 0.717) is 48.4 Å². The number of aliphatic hydroxyl groups excluding tert-OH is 1. The minimum absolute atomic E-state index is 0.387. The van der Waals surface area contributed by atoms with Gasteiger partial charge >= 0.3 is 6.18 Å². The van der Waals surface area contributed by atoms with Gasteiger partial charge in [-0.2, -0.15) is 13.2 Å². The lowest BCUT2D eigenvalue weighted by Gasteiger charge is -2.33. The maximum Gasteiger partial charge on any atom is 0.416 e. The molecule has 3 N–H and O–H groups in total. The van der Waals surface area contributed by atoms with Gasteiger partial charge in [-0.1, -0.05) is 12.1 Å². The molecule has 0 radical (unpaired) electrons. The number of fused-ring (bicyclic) bond motifs is 1. The van der Waals surface area contributed by atoms with Gasteiger partial charge in [0.25, 0.3) is 0 Å². The highest BCUT2D eigenvalue weighted by Crippen LogP contribution is 2.43. The predicted octanol–water partition coefficient (Wildman–Crippen LogP) is 5.31. The molecular weight excluding hydrogens is 427 g/mol. The monoisotopic (exact) mass is 451 g/mol. The minimum atomic E-state index is -4.40. The molecule has 0 amide bonds. The molecule has 4 rings (SSSR count). The first kappa shape index (κ1) is 22.0. The molecule has 0 saturated heterocycles. The van der Waals surface area contributed by atoms with Crippen LogP contribution in [-0.2, 0) is 11.8 Å². The Morgan fingerprint density at radius 2 is 1.90 bits per heavy atom. The number of hydrogen-bond acceptors (Lipinski definition) is 6. The summed E-state index contributed by atoms with van der Waals surface area (Å²) in [5, 5.41) is 24.1. The Morgan fingerprint density at radius 3 is 2.58 bits per heavy atom. The number of anilines is 1. The quantitative estimate of drug-likeness (QED) is 0.501. The van der Waals surface area contributed by atoms with Crippen molar-refractivity contribution >= 4 is 27.4 Å². The fourth-order valence-corrected chi connectivity index (χ4v) is 5.17.